The van der Waals surface area contributed by atoms with Crippen LogP contribution in [0.4, 0.5) is 0 Å². The zero-order valence-electron chi connectivity index (χ0n) is 13.8. The van der Waals surface area contributed by atoms with E-state index in [9.17, 15) is 14.4 Å². The first-order valence-corrected chi connectivity index (χ1v) is 7.89. The lowest BCUT2D eigenvalue weighted by atomic mass is 9.97. The van der Waals surface area contributed by atoms with Crippen LogP contribution in [-0.2, 0) is 33.7 Å². The lowest BCUT2D eigenvalue weighted by Crippen LogP contribution is -2.47. The molecule has 0 radical (unpaired) electrons. The Labute approximate surface area is 135 Å². The SMILES string of the molecule is COC(=O)C(NC(=O)Cn1nc2c(cc1=O)CCCC2)C(C)C. The predicted molar refractivity (Wildman–Crippen MR) is 83.9 cm³/mol. The Bertz CT molecular complexity index is 651. The predicted octanol–water partition coefficient (Wildman–Crippen LogP) is 0.436. The quantitative estimate of drug-likeness (QED) is 0.795. The number of rotatable bonds is 5. The molecule has 1 aromatic heterocycles. The minimum atomic E-state index is -0.735. The highest BCUT2D eigenvalue weighted by atomic mass is 16.5. The normalized spacial score (nSPS) is 15.0. The molecule has 0 aromatic carbocycles. The number of hydrogen-bond donors (Lipinski definition) is 1. The smallest absolute Gasteiger partial charge is 0.328 e. The van der Waals surface area contributed by atoms with Crippen molar-refractivity contribution in [2.75, 3.05) is 7.11 Å². The van der Waals surface area contributed by atoms with Crippen molar-refractivity contribution >= 4 is 11.9 Å². The number of amides is 1. The van der Waals surface area contributed by atoms with Gasteiger partial charge in [-0.15, -0.1) is 0 Å². The van der Waals surface area contributed by atoms with Crippen LogP contribution in [0.5, 0.6) is 0 Å². The molecule has 0 aliphatic heterocycles. The van der Waals surface area contributed by atoms with E-state index in [0.717, 1.165) is 41.6 Å². The van der Waals surface area contributed by atoms with Crippen LogP contribution < -0.4 is 10.9 Å². The van der Waals surface area contributed by atoms with Crippen molar-refractivity contribution in [1.29, 1.82) is 0 Å². The molecule has 1 heterocycles. The molecule has 1 atom stereocenters. The number of esters is 1. The molecule has 1 aliphatic rings. The average molecular weight is 321 g/mol. The first kappa shape index (κ1) is 17.2. The van der Waals surface area contributed by atoms with Crippen LogP contribution in [0.2, 0.25) is 0 Å². The van der Waals surface area contributed by atoms with E-state index in [-0.39, 0.29) is 18.0 Å². The highest BCUT2D eigenvalue weighted by molar-refractivity contribution is 5.84. The van der Waals surface area contributed by atoms with Gasteiger partial charge in [-0.2, -0.15) is 5.10 Å². The molecule has 1 aliphatic carbocycles. The molecule has 0 saturated heterocycles. The summed E-state index contributed by atoms with van der Waals surface area (Å²) >= 11 is 0. The fourth-order valence-corrected chi connectivity index (χ4v) is 2.69. The molecule has 0 saturated carbocycles. The zero-order valence-corrected chi connectivity index (χ0v) is 13.8. The Hall–Kier alpha value is -2.18. The number of ether oxygens (including phenoxy) is 1. The number of fused-ring (bicyclic) bond motifs is 1. The molecule has 0 fully saturated rings. The van der Waals surface area contributed by atoms with E-state index in [1.807, 2.05) is 13.8 Å². The second kappa shape index (κ2) is 7.39. The van der Waals surface area contributed by atoms with Gasteiger partial charge >= 0.3 is 5.97 Å². The fraction of sp³-hybridized carbons (Fsp3) is 0.625. The number of aryl methyl sites for hydroxylation is 2. The molecule has 7 heteroatoms. The number of aromatic nitrogens is 2. The van der Waals surface area contributed by atoms with Crippen LogP contribution in [-0.4, -0.2) is 34.8 Å². The molecule has 0 bridgehead atoms. The lowest BCUT2D eigenvalue weighted by Gasteiger charge is -2.20. The average Bonchev–Trinajstić information content (AvgIpc) is 2.52. The monoisotopic (exact) mass is 321 g/mol. The molecular formula is C16H23N3O4. The van der Waals surface area contributed by atoms with Crippen molar-refractivity contribution in [3.8, 4) is 0 Å². The van der Waals surface area contributed by atoms with Crippen molar-refractivity contribution in [3.63, 3.8) is 0 Å². The van der Waals surface area contributed by atoms with Crippen molar-refractivity contribution in [3.05, 3.63) is 27.7 Å². The fourth-order valence-electron chi connectivity index (χ4n) is 2.69. The summed E-state index contributed by atoms with van der Waals surface area (Å²) < 4.78 is 5.85. The van der Waals surface area contributed by atoms with Crippen molar-refractivity contribution < 1.29 is 14.3 Å². The molecule has 1 N–H and O–H groups in total. The van der Waals surface area contributed by atoms with E-state index >= 15 is 0 Å². The van der Waals surface area contributed by atoms with Crippen molar-refractivity contribution in [1.82, 2.24) is 15.1 Å². The highest BCUT2D eigenvalue weighted by Gasteiger charge is 2.25. The van der Waals surface area contributed by atoms with E-state index in [0.29, 0.717) is 0 Å². The largest absolute Gasteiger partial charge is 0.467 e. The van der Waals surface area contributed by atoms with E-state index in [1.165, 1.54) is 7.11 Å². The summed E-state index contributed by atoms with van der Waals surface area (Å²) in [7, 11) is 1.28. The van der Waals surface area contributed by atoms with E-state index in [1.54, 1.807) is 6.07 Å². The van der Waals surface area contributed by atoms with Gasteiger partial charge in [-0.05, 0) is 37.2 Å². The molecule has 1 unspecified atom stereocenters. The second-order valence-corrected chi connectivity index (χ2v) is 6.13. The van der Waals surface area contributed by atoms with Crippen LogP contribution >= 0.6 is 0 Å². The molecule has 7 nitrogen and oxygen atoms in total. The van der Waals surface area contributed by atoms with Gasteiger partial charge in [0.25, 0.3) is 5.56 Å². The summed E-state index contributed by atoms with van der Waals surface area (Å²) in [5.74, 6) is -1.04. The second-order valence-electron chi connectivity index (χ2n) is 6.13. The summed E-state index contributed by atoms with van der Waals surface area (Å²) in [4.78, 5) is 35.9. The van der Waals surface area contributed by atoms with Crippen molar-refractivity contribution in [2.45, 2.75) is 52.1 Å². The van der Waals surface area contributed by atoms with Crippen LogP contribution in [0.25, 0.3) is 0 Å². The Kier molecular flexibility index (Phi) is 5.52. The summed E-state index contributed by atoms with van der Waals surface area (Å²) in [6.45, 7) is 3.42. The molecule has 23 heavy (non-hydrogen) atoms. The van der Waals surface area contributed by atoms with Crippen LogP contribution in [0, 0.1) is 5.92 Å². The third-order valence-corrected chi connectivity index (χ3v) is 4.01. The van der Waals surface area contributed by atoms with Crippen LogP contribution in [0.15, 0.2) is 10.9 Å². The van der Waals surface area contributed by atoms with Gasteiger partial charge in [-0.25, -0.2) is 9.48 Å². The number of methoxy groups -OCH3 is 1. The van der Waals surface area contributed by atoms with Gasteiger partial charge in [-0.1, -0.05) is 13.8 Å². The van der Waals surface area contributed by atoms with Gasteiger partial charge in [0, 0.05) is 6.07 Å². The number of carbonyl (C=O) groups is 2. The number of nitrogens with one attached hydrogen (secondary N) is 1. The Morgan fingerprint density at radius 3 is 2.70 bits per heavy atom. The van der Waals surface area contributed by atoms with Crippen LogP contribution in [0.1, 0.15) is 37.9 Å². The van der Waals surface area contributed by atoms with Gasteiger partial charge in [0.2, 0.25) is 5.91 Å². The number of nitrogens with zero attached hydrogens (tertiary/aromatic N) is 2. The van der Waals surface area contributed by atoms with Gasteiger partial charge < -0.3 is 10.1 Å². The zero-order chi connectivity index (χ0) is 17.0. The maximum atomic E-state index is 12.1. The Morgan fingerprint density at radius 2 is 2.04 bits per heavy atom. The lowest BCUT2D eigenvalue weighted by molar-refractivity contribution is -0.146. The molecule has 2 rings (SSSR count). The Morgan fingerprint density at radius 1 is 1.35 bits per heavy atom. The summed E-state index contributed by atoms with van der Waals surface area (Å²) in [5.41, 5.74) is 1.57. The molecule has 0 spiro atoms. The maximum absolute atomic E-state index is 12.1. The summed E-state index contributed by atoms with van der Waals surface area (Å²) in [6, 6.07) is 0.829. The van der Waals surface area contributed by atoms with Crippen molar-refractivity contribution in [2.24, 2.45) is 5.92 Å². The first-order chi connectivity index (χ1) is 10.9. The minimum Gasteiger partial charge on any atom is -0.467 e. The highest BCUT2D eigenvalue weighted by Crippen LogP contribution is 2.16. The molecule has 126 valence electrons. The van der Waals surface area contributed by atoms with E-state index in [2.05, 4.69) is 15.2 Å². The van der Waals surface area contributed by atoms with E-state index < -0.39 is 17.9 Å². The standard InChI is InChI=1S/C16H23N3O4/c1-10(2)15(16(22)23-3)17-13(20)9-19-14(21)8-11-6-4-5-7-12(11)18-19/h8,10,15H,4-7,9H2,1-3H3,(H,17,20). The first-order valence-electron chi connectivity index (χ1n) is 7.89. The third-order valence-electron chi connectivity index (χ3n) is 4.01. The molecular weight excluding hydrogens is 298 g/mol. The summed E-state index contributed by atoms with van der Waals surface area (Å²) in [5, 5.41) is 6.91. The maximum Gasteiger partial charge on any atom is 0.328 e. The van der Waals surface area contributed by atoms with Gasteiger partial charge in [0.15, 0.2) is 0 Å². The minimum absolute atomic E-state index is 0.111. The van der Waals surface area contributed by atoms with Gasteiger partial charge in [0.1, 0.15) is 12.6 Å². The Balaban J connectivity index is 2.11. The third kappa shape index (κ3) is 4.18. The number of carbonyl (C=O) groups excluding carboxylic acids is 2. The topological polar surface area (TPSA) is 90.3 Å². The van der Waals surface area contributed by atoms with E-state index in [4.69, 9.17) is 0 Å². The summed E-state index contributed by atoms with van der Waals surface area (Å²) in [6.07, 6.45) is 3.80. The van der Waals surface area contributed by atoms with Crippen LogP contribution in [0.3, 0.4) is 0 Å². The molecule has 1 aromatic rings. The number of hydrogen-bond acceptors (Lipinski definition) is 5. The molecule has 1 amide bonds. The van der Waals surface area contributed by atoms with Gasteiger partial charge in [-0.3, -0.25) is 9.59 Å². The van der Waals surface area contributed by atoms with Gasteiger partial charge in [0.05, 0.1) is 12.8 Å².